The van der Waals surface area contributed by atoms with Crippen molar-refractivity contribution in [2.24, 2.45) is 0 Å². The smallest absolute Gasteiger partial charge is 0.227 e. The van der Waals surface area contributed by atoms with Gasteiger partial charge >= 0.3 is 0 Å². The fraction of sp³-hybridized carbons (Fsp3) is 0. The Kier molecular flexibility index (Phi) is 4.97. The van der Waals surface area contributed by atoms with E-state index < -0.39 is 0 Å². The van der Waals surface area contributed by atoms with Crippen LogP contribution in [0.25, 0.3) is 65.6 Å². The molecular weight excluding hydrogens is 460 g/mol. The summed E-state index contributed by atoms with van der Waals surface area (Å²) in [5, 5.41) is 1.03. The van der Waals surface area contributed by atoms with Crippen molar-refractivity contribution in [3.05, 3.63) is 121 Å². The second kappa shape index (κ2) is 8.59. The molecule has 0 radical (unpaired) electrons. The van der Waals surface area contributed by atoms with E-state index in [9.17, 15) is 0 Å². The van der Waals surface area contributed by atoms with Gasteiger partial charge in [-0.05, 0) is 76.9 Å². The molecule has 36 heavy (non-hydrogen) atoms. The van der Waals surface area contributed by atoms with Gasteiger partial charge in [-0.1, -0.05) is 66.7 Å². The Morgan fingerprint density at radius 3 is 1.83 bits per heavy atom. The van der Waals surface area contributed by atoms with Crippen molar-refractivity contribution < 1.29 is 4.42 Å². The highest BCUT2D eigenvalue weighted by atomic mass is 32.1. The molecule has 0 N–H and O–H groups in total. The third-order valence-corrected chi connectivity index (χ3v) is 7.43. The van der Waals surface area contributed by atoms with Crippen molar-refractivity contribution in [3.63, 3.8) is 0 Å². The molecule has 0 bridgehead atoms. The number of rotatable bonds is 4. The highest BCUT2D eigenvalue weighted by molar-refractivity contribution is 7.21. The topological polar surface area (TPSA) is 38.9 Å². The molecule has 3 nitrogen and oxygen atoms in total. The Morgan fingerprint density at radius 2 is 1.08 bits per heavy atom. The lowest BCUT2D eigenvalue weighted by atomic mass is 9.95. The van der Waals surface area contributed by atoms with Gasteiger partial charge in [0.1, 0.15) is 10.5 Å². The number of thiazole rings is 1. The van der Waals surface area contributed by atoms with Gasteiger partial charge in [0.15, 0.2) is 5.58 Å². The van der Waals surface area contributed by atoms with Crippen molar-refractivity contribution in [2.45, 2.75) is 0 Å². The first-order chi connectivity index (χ1) is 17.8. The number of para-hydroxylation sites is 3. The van der Waals surface area contributed by atoms with Gasteiger partial charge in [-0.3, -0.25) is 0 Å². The Bertz CT molecular complexity index is 1770. The van der Waals surface area contributed by atoms with E-state index in [0.717, 1.165) is 43.9 Å². The first kappa shape index (κ1) is 20.8. The normalized spacial score (nSPS) is 11.3. The quantitative estimate of drug-likeness (QED) is 0.252. The van der Waals surface area contributed by atoms with Crippen LogP contribution in [0.1, 0.15) is 0 Å². The molecule has 0 atom stereocenters. The van der Waals surface area contributed by atoms with Crippen molar-refractivity contribution in [1.82, 2.24) is 9.97 Å². The van der Waals surface area contributed by atoms with Crippen LogP contribution in [0.4, 0.5) is 0 Å². The van der Waals surface area contributed by atoms with Gasteiger partial charge in [-0.25, -0.2) is 9.97 Å². The minimum atomic E-state index is 0.635. The van der Waals surface area contributed by atoms with Gasteiger partial charge in [-0.15, -0.1) is 11.3 Å². The van der Waals surface area contributed by atoms with Crippen molar-refractivity contribution >= 4 is 32.7 Å². The molecule has 7 rings (SSSR count). The maximum atomic E-state index is 5.96. The summed E-state index contributed by atoms with van der Waals surface area (Å²) < 4.78 is 7.16. The van der Waals surface area contributed by atoms with Gasteiger partial charge in [0.25, 0.3) is 0 Å². The summed E-state index contributed by atoms with van der Waals surface area (Å²) in [6, 6.07) is 41.8. The van der Waals surface area contributed by atoms with E-state index in [0.29, 0.717) is 5.89 Å². The van der Waals surface area contributed by atoms with E-state index in [4.69, 9.17) is 9.40 Å². The molecule has 170 valence electrons. The Balaban J connectivity index is 1.33. The third-order valence-electron chi connectivity index (χ3n) is 6.34. The number of hydrogen-bond donors (Lipinski definition) is 0. The molecule has 0 aliphatic rings. The summed E-state index contributed by atoms with van der Waals surface area (Å²) >= 11 is 1.73. The average molecular weight is 481 g/mol. The van der Waals surface area contributed by atoms with E-state index in [1.165, 1.54) is 15.8 Å². The van der Waals surface area contributed by atoms with Crippen LogP contribution in [0.3, 0.4) is 0 Å². The van der Waals surface area contributed by atoms with Crippen LogP contribution in [0.2, 0.25) is 0 Å². The third kappa shape index (κ3) is 3.78. The molecule has 0 unspecified atom stereocenters. The van der Waals surface area contributed by atoms with Crippen LogP contribution in [0.15, 0.2) is 126 Å². The van der Waals surface area contributed by atoms with E-state index in [1.807, 2.05) is 36.4 Å². The van der Waals surface area contributed by atoms with Crippen LogP contribution in [0.5, 0.6) is 0 Å². The molecule has 0 aliphatic carbocycles. The highest BCUT2D eigenvalue weighted by Crippen LogP contribution is 2.37. The Morgan fingerprint density at radius 1 is 0.472 bits per heavy atom. The largest absolute Gasteiger partial charge is 0.436 e. The Hall–Kier alpha value is -4.54. The zero-order chi connectivity index (χ0) is 23.9. The van der Waals surface area contributed by atoms with Gasteiger partial charge in [0.05, 0.1) is 10.2 Å². The summed E-state index contributed by atoms with van der Waals surface area (Å²) in [4.78, 5) is 9.57. The van der Waals surface area contributed by atoms with Gasteiger partial charge < -0.3 is 4.42 Å². The first-order valence-corrected chi connectivity index (χ1v) is 12.6. The molecule has 0 saturated carbocycles. The summed E-state index contributed by atoms with van der Waals surface area (Å²) in [7, 11) is 0. The second-order valence-electron chi connectivity index (χ2n) is 8.72. The number of hydrogen-bond acceptors (Lipinski definition) is 4. The van der Waals surface area contributed by atoms with E-state index in [-0.39, 0.29) is 0 Å². The van der Waals surface area contributed by atoms with Gasteiger partial charge in [-0.2, -0.15) is 0 Å². The van der Waals surface area contributed by atoms with Gasteiger partial charge in [0.2, 0.25) is 5.89 Å². The summed E-state index contributed by atoms with van der Waals surface area (Å²) in [6.45, 7) is 0. The monoisotopic (exact) mass is 480 g/mol. The first-order valence-electron chi connectivity index (χ1n) is 11.8. The van der Waals surface area contributed by atoms with Crippen LogP contribution in [-0.4, -0.2) is 9.97 Å². The summed E-state index contributed by atoms with van der Waals surface area (Å²) in [5.74, 6) is 0.635. The van der Waals surface area contributed by atoms with E-state index in [1.54, 1.807) is 11.3 Å². The number of oxazole rings is 1. The summed E-state index contributed by atoms with van der Waals surface area (Å²) in [6.07, 6.45) is 0. The second-order valence-corrected chi connectivity index (χ2v) is 9.75. The zero-order valence-corrected chi connectivity index (χ0v) is 20.1. The molecule has 0 spiro atoms. The maximum Gasteiger partial charge on any atom is 0.227 e. The lowest BCUT2D eigenvalue weighted by molar-refractivity contribution is 0.620. The van der Waals surface area contributed by atoms with Crippen molar-refractivity contribution in [1.29, 1.82) is 0 Å². The molecule has 0 fully saturated rings. The molecule has 4 heteroatoms. The average Bonchev–Trinajstić information content (AvgIpc) is 3.58. The summed E-state index contributed by atoms with van der Waals surface area (Å²) in [5.41, 5.74) is 9.42. The van der Waals surface area contributed by atoms with Crippen molar-refractivity contribution in [2.75, 3.05) is 0 Å². The fourth-order valence-electron chi connectivity index (χ4n) is 4.51. The fourth-order valence-corrected chi connectivity index (χ4v) is 5.46. The molecule has 0 saturated heterocycles. The molecule has 0 amide bonds. The Labute approximate surface area is 212 Å². The van der Waals surface area contributed by atoms with E-state index >= 15 is 0 Å². The molecular formula is C32H20N2OS. The number of aromatic nitrogens is 2. The van der Waals surface area contributed by atoms with E-state index in [2.05, 4.69) is 89.9 Å². The molecule has 5 aromatic carbocycles. The van der Waals surface area contributed by atoms with Crippen LogP contribution < -0.4 is 0 Å². The standard InChI is InChI=1S/C32H20N2OS/c1-2-8-21(9-3-1)24-18-25(20-26(19-24)32-34-28-11-5-7-13-30(28)36-32)22-14-16-23(17-15-22)31-33-27-10-4-6-12-29(27)35-31/h1-20H. The molecule has 0 aliphatic heterocycles. The molecule has 7 aromatic rings. The zero-order valence-electron chi connectivity index (χ0n) is 19.3. The minimum absolute atomic E-state index is 0.635. The van der Waals surface area contributed by atoms with Crippen LogP contribution in [-0.2, 0) is 0 Å². The SMILES string of the molecule is c1ccc(-c2cc(-c3ccc(-c4nc5ccccc5o4)cc3)cc(-c3nc4ccccc4s3)c2)cc1. The lowest BCUT2D eigenvalue weighted by Crippen LogP contribution is -1.86. The molecule has 2 aromatic heterocycles. The van der Waals surface area contributed by atoms with Crippen molar-refractivity contribution in [3.8, 4) is 44.3 Å². The highest BCUT2D eigenvalue weighted by Gasteiger charge is 2.12. The van der Waals surface area contributed by atoms with Crippen LogP contribution in [0, 0.1) is 0 Å². The molecule has 2 heterocycles. The minimum Gasteiger partial charge on any atom is -0.436 e. The maximum absolute atomic E-state index is 5.96. The predicted octanol–water partition coefficient (Wildman–Crippen LogP) is 9.11. The van der Waals surface area contributed by atoms with Crippen LogP contribution >= 0.6 is 11.3 Å². The number of benzene rings is 5. The predicted molar refractivity (Wildman–Crippen MR) is 149 cm³/mol. The lowest BCUT2D eigenvalue weighted by Gasteiger charge is -2.10. The van der Waals surface area contributed by atoms with Gasteiger partial charge in [0, 0.05) is 11.1 Å². The number of fused-ring (bicyclic) bond motifs is 2. The number of nitrogens with zero attached hydrogens (tertiary/aromatic N) is 2.